The molecule has 0 fully saturated rings. The third-order valence-electron chi connectivity index (χ3n) is 3.59. The van der Waals surface area contributed by atoms with E-state index in [9.17, 15) is 14.9 Å². The summed E-state index contributed by atoms with van der Waals surface area (Å²) >= 11 is 0. The quantitative estimate of drug-likeness (QED) is 0.679. The van der Waals surface area contributed by atoms with E-state index in [1.807, 2.05) is 37.3 Å². The van der Waals surface area contributed by atoms with Gasteiger partial charge >= 0.3 is 0 Å². The van der Waals surface area contributed by atoms with Crippen molar-refractivity contribution in [2.45, 2.75) is 19.8 Å². The van der Waals surface area contributed by atoms with Crippen molar-refractivity contribution in [3.05, 3.63) is 75.3 Å². The minimum absolute atomic E-state index is 0.0224. The SMILES string of the molecule is Cc1cc(C(=O)NCC(C)c2ccccc2)ccc1[N+](=O)[O-]. The Balaban J connectivity index is 2.01. The van der Waals surface area contributed by atoms with Gasteiger partial charge in [0.1, 0.15) is 0 Å². The molecule has 5 nitrogen and oxygen atoms in total. The van der Waals surface area contributed by atoms with Gasteiger partial charge in [-0.25, -0.2) is 0 Å². The predicted molar refractivity (Wildman–Crippen MR) is 85.0 cm³/mol. The molecule has 0 radical (unpaired) electrons. The molecule has 2 aromatic rings. The van der Waals surface area contributed by atoms with Crippen molar-refractivity contribution in [2.75, 3.05) is 6.54 Å². The van der Waals surface area contributed by atoms with E-state index < -0.39 is 4.92 Å². The summed E-state index contributed by atoms with van der Waals surface area (Å²) in [6.07, 6.45) is 0. The molecule has 2 rings (SSSR count). The Morgan fingerprint density at radius 2 is 1.91 bits per heavy atom. The van der Waals surface area contributed by atoms with Crippen LogP contribution in [0.25, 0.3) is 0 Å². The molecule has 22 heavy (non-hydrogen) atoms. The number of carbonyl (C=O) groups excluding carboxylic acids is 1. The van der Waals surface area contributed by atoms with Gasteiger partial charge in [0.15, 0.2) is 0 Å². The maximum absolute atomic E-state index is 12.1. The lowest BCUT2D eigenvalue weighted by atomic mass is 10.0. The molecule has 1 amide bonds. The largest absolute Gasteiger partial charge is 0.351 e. The highest BCUT2D eigenvalue weighted by atomic mass is 16.6. The lowest BCUT2D eigenvalue weighted by Gasteiger charge is -2.13. The Hall–Kier alpha value is -2.69. The molecule has 0 bridgehead atoms. The van der Waals surface area contributed by atoms with Crippen LogP contribution in [-0.2, 0) is 0 Å². The van der Waals surface area contributed by atoms with Crippen LogP contribution >= 0.6 is 0 Å². The van der Waals surface area contributed by atoms with Crippen molar-refractivity contribution in [3.63, 3.8) is 0 Å². The van der Waals surface area contributed by atoms with Gasteiger partial charge in [-0.3, -0.25) is 14.9 Å². The molecule has 114 valence electrons. The van der Waals surface area contributed by atoms with Gasteiger partial charge in [-0.15, -0.1) is 0 Å². The molecule has 1 N–H and O–H groups in total. The molecule has 1 unspecified atom stereocenters. The van der Waals surface area contributed by atoms with Gasteiger partial charge in [0.05, 0.1) is 4.92 Å². The second-order valence-electron chi connectivity index (χ2n) is 5.28. The monoisotopic (exact) mass is 298 g/mol. The molecule has 0 aliphatic heterocycles. The highest BCUT2D eigenvalue weighted by Gasteiger charge is 2.14. The summed E-state index contributed by atoms with van der Waals surface area (Å²) in [5.41, 5.74) is 2.09. The smallest absolute Gasteiger partial charge is 0.272 e. The van der Waals surface area contributed by atoms with Gasteiger partial charge in [0.2, 0.25) is 0 Å². The third-order valence-corrected chi connectivity index (χ3v) is 3.59. The van der Waals surface area contributed by atoms with Crippen LogP contribution in [0.5, 0.6) is 0 Å². The number of benzene rings is 2. The average molecular weight is 298 g/mol. The summed E-state index contributed by atoms with van der Waals surface area (Å²) in [7, 11) is 0. The van der Waals surface area contributed by atoms with Gasteiger partial charge < -0.3 is 5.32 Å². The first-order valence-corrected chi connectivity index (χ1v) is 7.07. The molecule has 0 aliphatic carbocycles. The van der Waals surface area contributed by atoms with Gasteiger partial charge in [-0.1, -0.05) is 37.3 Å². The van der Waals surface area contributed by atoms with E-state index in [2.05, 4.69) is 5.32 Å². The average Bonchev–Trinajstić information content (AvgIpc) is 2.52. The fourth-order valence-corrected chi connectivity index (χ4v) is 2.25. The first kappa shape index (κ1) is 15.7. The minimum atomic E-state index is -0.450. The van der Waals surface area contributed by atoms with Crippen LogP contribution < -0.4 is 5.32 Å². The first-order chi connectivity index (χ1) is 10.5. The molecule has 0 aromatic heterocycles. The van der Waals surface area contributed by atoms with E-state index in [1.54, 1.807) is 13.0 Å². The number of aryl methyl sites for hydroxylation is 1. The fourth-order valence-electron chi connectivity index (χ4n) is 2.25. The number of nitrogens with zero attached hydrogens (tertiary/aromatic N) is 1. The molecule has 0 aliphatic rings. The van der Waals surface area contributed by atoms with Crippen LogP contribution in [0.1, 0.15) is 34.3 Å². The van der Waals surface area contributed by atoms with E-state index in [0.29, 0.717) is 17.7 Å². The topological polar surface area (TPSA) is 72.2 Å². The summed E-state index contributed by atoms with van der Waals surface area (Å²) in [5, 5.41) is 13.6. The minimum Gasteiger partial charge on any atom is -0.351 e. The number of hydrogen-bond donors (Lipinski definition) is 1. The predicted octanol–water partition coefficient (Wildman–Crippen LogP) is 3.44. The summed E-state index contributed by atoms with van der Waals surface area (Å²) in [4.78, 5) is 22.5. The number of rotatable bonds is 5. The molecule has 0 saturated carbocycles. The third kappa shape index (κ3) is 3.69. The Morgan fingerprint density at radius 1 is 1.23 bits per heavy atom. The van der Waals surface area contributed by atoms with Crippen molar-refractivity contribution in [1.82, 2.24) is 5.32 Å². The Bertz CT molecular complexity index is 684. The number of carbonyl (C=O) groups is 1. The maximum Gasteiger partial charge on any atom is 0.272 e. The van der Waals surface area contributed by atoms with Crippen LogP contribution in [-0.4, -0.2) is 17.4 Å². The van der Waals surface area contributed by atoms with Crippen molar-refractivity contribution in [1.29, 1.82) is 0 Å². The van der Waals surface area contributed by atoms with Crippen LogP contribution in [0.15, 0.2) is 48.5 Å². The van der Waals surface area contributed by atoms with E-state index in [-0.39, 0.29) is 17.5 Å². The van der Waals surface area contributed by atoms with Gasteiger partial charge in [0.25, 0.3) is 11.6 Å². The number of hydrogen-bond acceptors (Lipinski definition) is 3. The second-order valence-corrected chi connectivity index (χ2v) is 5.28. The fraction of sp³-hybridized carbons (Fsp3) is 0.235. The van der Waals surface area contributed by atoms with Crippen molar-refractivity contribution >= 4 is 11.6 Å². The summed E-state index contributed by atoms with van der Waals surface area (Å²) < 4.78 is 0. The highest BCUT2D eigenvalue weighted by Crippen LogP contribution is 2.19. The Labute approximate surface area is 129 Å². The van der Waals surface area contributed by atoms with Gasteiger partial charge in [-0.05, 0) is 30.5 Å². The second kappa shape index (κ2) is 6.85. The van der Waals surface area contributed by atoms with Crippen molar-refractivity contribution in [2.24, 2.45) is 0 Å². The zero-order valence-corrected chi connectivity index (χ0v) is 12.6. The molecule has 5 heteroatoms. The number of nitro groups is 1. The Morgan fingerprint density at radius 3 is 2.50 bits per heavy atom. The molecular formula is C17H18N2O3. The van der Waals surface area contributed by atoms with E-state index >= 15 is 0 Å². The van der Waals surface area contributed by atoms with Crippen molar-refractivity contribution in [3.8, 4) is 0 Å². The van der Waals surface area contributed by atoms with Gasteiger partial charge in [-0.2, -0.15) is 0 Å². The molecular weight excluding hydrogens is 280 g/mol. The molecule has 2 aromatic carbocycles. The maximum atomic E-state index is 12.1. The van der Waals surface area contributed by atoms with Crippen LogP contribution in [0.2, 0.25) is 0 Å². The van der Waals surface area contributed by atoms with E-state index in [1.165, 1.54) is 12.1 Å². The van der Waals surface area contributed by atoms with Crippen LogP contribution in [0.3, 0.4) is 0 Å². The Kier molecular flexibility index (Phi) is 4.88. The number of amides is 1. The van der Waals surface area contributed by atoms with Crippen LogP contribution in [0.4, 0.5) is 5.69 Å². The lowest BCUT2D eigenvalue weighted by molar-refractivity contribution is -0.385. The normalized spacial score (nSPS) is 11.7. The summed E-state index contributed by atoms with van der Waals surface area (Å²) in [5.74, 6) is -0.0231. The molecule has 0 spiro atoms. The highest BCUT2D eigenvalue weighted by molar-refractivity contribution is 5.94. The van der Waals surface area contributed by atoms with Gasteiger partial charge in [0, 0.05) is 23.7 Å². The first-order valence-electron chi connectivity index (χ1n) is 7.07. The van der Waals surface area contributed by atoms with Crippen LogP contribution in [0, 0.1) is 17.0 Å². The van der Waals surface area contributed by atoms with E-state index in [0.717, 1.165) is 5.56 Å². The van der Waals surface area contributed by atoms with Crippen molar-refractivity contribution < 1.29 is 9.72 Å². The molecule has 0 saturated heterocycles. The zero-order chi connectivity index (χ0) is 16.1. The van der Waals surface area contributed by atoms with E-state index in [4.69, 9.17) is 0 Å². The number of nitrogens with one attached hydrogen (secondary N) is 1. The molecule has 1 atom stereocenters. The number of nitro benzene ring substituents is 1. The molecule has 0 heterocycles. The lowest BCUT2D eigenvalue weighted by Crippen LogP contribution is -2.27. The zero-order valence-electron chi connectivity index (χ0n) is 12.6. The summed E-state index contributed by atoms with van der Waals surface area (Å²) in [6.45, 7) is 4.18. The standard InChI is InChI=1S/C17H18N2O3/c1-12-10-15(8-9-16(12)19(21)22)17(20)18-11-13(2)14-6-4-3-5-7-14/h3-10,13H,11H2,1-2H3,(H,18,20). The summed E-state index contributed by atoms with van der Waals surface area (Å²) in [6, 6.07) is 14.3.